The van der Waals surface area contributed by atoms with E-state index in [1.807, 2.05) is 0 Å². The van der Waals surface area contributed by atoms with Crippen molar-refractivity contribution in [2.75, 3.05) is 7.11 Å². The number of rotatable bonds is 4. The number of benzene rings is 1. The maximum Gasteiger partial charge on any atom is 0.307 e. The highest BCUT2D eigenvalue weighted by molar-refractivity contribution is 5.96. The van der Waals surface area contributed by atoms with Crippen LogP contribution >= 0.6 is 0 Å². The molecular weight excluding hydrogens is 234 g/mol. The SMILES string of the molecule is COC(=O)CC(C)NC(=O)c1ccc(O)cc1C. The molecule has 18 heavy (non-hydrogen) atoms. The van der Waals surface area contributed by atoms with Gasteiger partial charge in [0.1, 0.15) is 5.75 Å². The fourth-order valence-electron chi connectivity index (χ4n) is 1.59. The number of phenols is 1. The number of phenolic OH excluding ortho intramolecular Hbond substituents is 1. The van der Waals surface area contributed by atoms with Crippen molar-refractivity contribution in [3.8, 4) is 5.75 Å². The minimum atomic E-state index is -0.370. The topological polar surface area (TPSA) is 75.6 Å². The number of hydrogen-bond donors (Lipinski definition) is 2. The molecule has 2 N–H and O–H groups in total. The first-order valence-corrected chi connectivity index (χ1v) is 5.61. The lowest BCUT2D eigenvalue weighted by Gasteiger charge is -2.13. The Balaban J connectivity index is 2.67. The van der Waals surface area contributed by atoms with Gasteiger partial charge < -0.3 is 15.2 Å². The first-order valence-electron chi connectivity index (χ1n) is 5.61. The van der Waals surface area contributed by atoms with Gasteiger partial charge in [-0.25, -0.2) is 0 Å². The third kappa shape index (κ3) is 3.76. The summed E-state index contributed by atoms with van der Waals surface area (Å²) in [5, 5.41) is 12.0. The fraction of sp³-hybridized carbons (Fsp3) is 0.385. The van der Waals surface area contributed by atoms with Crippen LogP contribution in [-0.2, 0) is 9.53 Å². The number of nitrogens with one attached hydrogen (secondary N) is 1. The van der Waals surface area contributed by atoms with E-state index in [2.05, 4.69) is 10.1 Å². The van der Waals surface area contributed by atoms with E-state index in [-0.39, 0.29) is 30.1 Å². The molecule has 0 fully saturated rings. The van der Waals surface area contributed by atoms with E-state index in [4.69, 9.17) is 0 Å². The molecule has 0 aliphatic heterocycles. The van der Waals surface area contributed by atoms with E-state index in [0.717, 1.165) is 0 Å². The Morgan fingerprint density at radius 1 is 1.44 bits per heavy atom. The second kappa shape index (κ2) is 6.05. The number of methoxy groups -OCH3 is 1. The molecule has 1 aromatic carbocycles. The maximum atomic E-state index is 11.9. The average molecular weight is 251 g/mol. The van der Waals surface area contributed by atoms with Gasteiger partial charge in [-0.3, -0.25) is 9.59 Å². The first kappa shape index (κ1) is 14.0. The summed E-state index contributed by atoms with van der Waals surface area (Å²) in [6.07, 6.45) is 0.124. The highest BCUT2D eigenvalue weighted by Crippen LogP contribution is 2.15. The molecule has 1 rings (SSSR count). The molecule has 1 unspecified atom stereocenters. The van der Waals surface area contributed by atoms with Crippen molar-refractivity contribution in [1.82, 2.24) is 5.32 Å². The fourth-order valence-corrected chi connectivity index (χ4v) is 1.59. The minimum Gasteiger partial charge on any atom is -0.508 e. The number of carbonyl (C=O) groups excluding carboxylic acids is 2. The van der Waals surface area contributed by atoms with Gasteiger partial charge in [-0.05, 0) is 37.6 Å². The highest BCUT2D eigenvalue weighted by Gasteiger charge is 2.15. The van der Waals surface area contributed by atoms with Crippen LogP contribution in [0.2, 0.25) is 0 Å². The van der Waals surface area contributed by atoms with Gasteiger partial charge in [0, 0.05) is 11.6 Å². The standard InChI is InChI=1S/C13H17NO4/c1-8-6-10(15)4-5-11(8)13(17)14-9(2)7-12(16)18-3/h4-6,9,15H,7H2,1-3H3,(H,14,17). The van der Waals surface area contributed by atoms with Crippen LogP contribution in [-0.4, -0.2) is 30.1 Å². The molecule has 5 nitrogen and oxygen atoms in total. The van der Waals surface area contributed by atoms with Crippen LogP contribution in [0.25, 0.3) is 0 Å². The Kier molecular flexibility index (Phi) is 4.71. The lowest BCUT2D eigenvalue weighted by atomic mass is 10.1. The van der Waals surface area contributed by atoms with Gasteiger partial charge in [-0.2, -0.15) is 0 Å². The zero-order valence-electron chi connectivity index (χ0n) is 10.7. The average Bonchev–Trinajstić information content (AvgIpc) is 2.28. The van der Waals surface area contributed by atoms with Gasteiger partial charge in [0.2, 0.25) is 0 Å². The van der Waals surface area contributed by atoms with Crippen molar-refractivity contribution >= 4 is 11.9 Å². The summed E-state index contributed by atoms with van der Waals surface area (Å²) in [6, 6.07) is 4.20. The molecule has 98 valence electrons. The molecule has 1 atom stereocenters. The minimum absolute atomic E-state index is 0.117. The predicted octanol–water partition coefficient (Wildman–Crippen LogP) is 1.38. The second-order valence-corrected chi connectivity index (χ2v) is 4.15. The number of hydrogen-bond acceptors (Lipinski definition) is 4. The molecule has 0 saturated carbocycles. The smallest absolute Gasteiger partial charge is 0.307 e. The van der Waals surface area contributed by atoms with Crippen LogP contribution in [0.3, 0.4) is 0 Å². The first-order chi connectivity index (χ1) is 8.43. The zero-order chi connectivity index (χ0) is 13.7. The zero-order valence-corrected chi connectivity index (χ0v) is 10.7. The molecule has 0 aliphatic rings. The van der Waals surface area contributed by atoms with Crippen LogP contribution in [0.15, 0.2) is 18.2 Å². The Hall–Kier alpha value is -2.04. The van der Waals surface area contributed by atoms with Gasteiger partial charge in [0.15, 0.2) is 0 Å². The Labute approximate surface area is 106 Å². The van der Waals surface area contributed by atoms with Crippen molar-refractivity contribution in [1.29, 1.82) is 0 Å². The molecule has 0 saturated heterocycles. The van der Waals surface area contributed by atoms with E-state index in [0.29, 0.717) is 11.1 Å². The van der Waals surface area contributed by atoms with E-state index in [9.17, 15) is 14.7 Å². The summed E-state index contributed by atoms with van der Waals surface area (Å²) in [5.41, 5.74) is 1.15. The third-order valence-corrected chi connectivity index (χ3v) is 2.53. The highest BCUT2D eigenvalue weighted by atomic mass is 16.5. The van der Waals surface area contributed by atoms with Crippen LogP contribution in [0.4, 0.5) is 0 Å². The second-order valence-electron chi connectivity index (χ2n) is 4.15. The van der Waals surface area contributed by atoms with Crippen molar-refractivity contribution in [2.24, 2.45) is 0 Å². The number of ether oxygens (including phenoxy) is 1. The normalized spacial score (nSPS) is 11.7. The number of carbonyl (C=O) groups is 2. The molecule has 0 radical (unpaired) electrons. The molecule has 1 amide bonds. The van der Waals surface area contributed by atoms with Crippen LogP contribution in [0, 0.1) is 6.92 Å². The molecule has 0 spiro atoms. The van der Waals surface area contributed by atoms with Crippen molar-refractivity contribution in [3.05, 3.63) is 29.3 Å². The van der Waals surface area contributed by atoms with Gasteiger partial charge in [0.25, 0.3) is 5.91 Å². The quantitative estimate of drug-likeness (QED) is 0.793. The summed E-state index contributed by atoms with van der Waals surface area (Å²) < 4.78 is 4.52. The number of amides is 1. The maximum absolute atomic E-state index is 11.9. The Morgan fingerprint density at radius 2 is 2.11 bits per heavy atom. The molecular formula is C13H17NO4. The van der Waals surface area contributed by atoms with Crippen molar-refractivity contribution in [3.63, 3.8) is 0 Å². The Morgan fingerprint density at radius 3 is 2.67 bits per heavy atom. The van der Waals surface area contributed by atoms with E-state index < -0.39 is 0 Å². The molecule has 0 aromatic heterocycles. The number of esters is 1. The largest absolute Gasteiger partial charge is 0.508 e. The van der Waals surface area contributed by atoms with Gasteiger partial charge in [-0.15, -0.1) is 0 Å². The van der Waals surface area contributed by atoms with Gasteiger partial charge in [0.05, 0.1) is 13.5 Å². The van der Waals surface area contributed by atoms with Crippen LogP contribution in [0.1, 0.15) is 29.3 Å². The third-order valence-electron chi connectivity index (χ3n) is 2.53. The molecule has 0 bridgehead atoms. The predicted molar refractivity (Wildman–Crippen MR) is 66.4 cm³/mol. The monoisotopic (exact) mass is 251 g/mol. The molecule has 1 aromatic rings. The van der Waals surface area contributed by atoms with Crippen LogP contribution in [0.5, 0.6) is 5.75 Å². The lowest BCUT2D eigenvalue weighted by Crippen LogP contribution is -2.34. The molecule has 0 heterocycles. The number of aromatic hydroxyl groups is 1. The Bertz CT molecular complexity index is 456. The summed E-state index contributed by atoms with van der Waals surface area (Å²) in [5.74, 6) is -0.527. The lowest BCUT2D eigenvalue weighted by molar-refractivity contribution is -0.141. The van der Waals surface area contributed by atoms with Crippen molar-refractivity contribution < 1.29 is 19.4 Å². The van der Waals surface area contributed by atoms with Gasteiger partial charge >= 0.3 is 5.97 Å². The molecule has 0 aliphatic carbocycles. The summed E-state index contributed by atoms with van der Waals surface area (Å²) in [4.78, 5) is 23.0. The number of aryl methyl sites for hydroxylation is 1. The summed E-state index contributed by atoms with van der Waals surface area (Å²) >= 11 is 0. The summed E-state index contributed by atoms with van der Waals surface area (Å²) in [6.45, 7) is 3.46. The van der Waals surface area contributed by atoms with E-state index in [1.165, 1.54) is 19.2 Å². The molecule has 5 heteroatoms. The van der Waals surface area contributed by atoms with E-state index >= 15 is 0 Å². The van der Waals surface area contributed by atoms with Gasteiger partial charge in [-0.1, -0.05) is 0 Å². The summed E-state index contributed by atoms with van der Waals surface area (Å²) in [7, 11) is 1.31. The van der Waals surface area contributed by atoms with E-state index in [1.54, 1.807) is 19.9 Å². The van der Waals surface area contributed by atoms with Crippen LogP contribution < -0.4 is 5.32 Å². The van der Waals surface area contributed by atoms with Crippen molar-refractivity contribution in [2.45, 2.75) is 26.3 Å².